The van der Waals surface area contributed by atoms with E-state index in [1.54, 1.807) is 0 Å². The Kier molecular flexibility index (Phi) is 6.94. The van der Waals surface area contributed by atoms with Crippen LogP contribution in [0.15, 0.2) is 30.5 Å². The van der Waals surface area contributed by atoms with Crippen LogP contribution in [-0.2, 0) is 11.3 Å². The van der Waals surface area contributed by atoms with Gasteiger partial charge in [-0.25, -0.2) is 0 Å². The van der Waals surface area contributed by atoms with Gasteiger partial charge < -0.3 is 14.6 Å². The molecule has 0 aliphatic carbocycles. The van der Waals surface area contributed by atoms with Gasteiger partial charge in [0.05, 0.1) is 0 Å². The first kappa shape index (κ1) is 17.0. The number of rotatable bonds is 10. The number of hydrogen-bond acceptors (Lipinski definition) is 2. The third-order valence-electron chi connectivity index (χ3n) is 3.98. The Morgan fingerprint density at radius 1 is 1.14 bits per heavy atom. The number of nitrogens with zero attached hydrogens (tertiary/aromatic N) is 1. The fourth-order valence-corrected chi connectivity index (χ4v) is 2.72. The van der Waals surface area contributed by atoms with Gasteiger partial charge in [0.15, 0.2) is 0 Å². The zero-order chi connectivity index (χ0) is 15.8. The largest absolute Gasteiger partial charge is 0.381 e. The zero-order valence-electron chi connectivity index (χ0n) is 14.3. The maximum Gasteiger partial charge on any atom is 0.0486 e. The lowest BCUT2D eigenvalue weighted by atomic mass is 10.2. The molecule has 2 rings (SSSR count). The Morgan fingerprint density at radius 2 is 1.91 bits per heavy atom. The molecule has 1 aromatic heterocycles. The maximum absolute atomic E-state index is 5.59. The highest BCUT2D eigenvalue weighted by atomic mass is 16.5. The predicted octanol–water partition coefficient (Wildman–Crippen LogP) is 4.52. The lowest BCUT2D eigenvalue weighted by Crippen LogP contribution is -2.16. The van der Waals surface area contributed by atoms with Gasteiger partial charge in [-0.2, -0.15) is 0 Å². The van der Waals surface area contributed by atoms with E-state index in [0.717, 1.165) is 32.7 Å². The minimum atomic E-state index is 0.491. The molecule has 122 valence electrons. The minimum absolute atomic E-state index is 0.491. The predicted molar refractivity (Wildman–Crippen MR) is 94.4 cm³/mol. The first-order valence-corrected chi connectivity index (χ1v) is 8.61. The van der Waals surface area contributed by atoms with E-state index >= 15 is 0 Å². The van der Waals surface area contributed by atoms with Crippen molar-refractivity contribution in [2.45, 2.75) is 52.6 Å². The molecule has 0 unspecified atom stereocenters. The SMILES string of the molecule is CCCCOCCCNCc1cn(C(C)C)c2ccccc12. The highest BCUT2D eigenvalue weighted by molar-refractivity contribution is 5.84. The van der Waals surface area contributed by atoms with Crippen molar-refractivity contribution in [3.05, 3.63) is 36.0 Å². The molecule has 0 aliphatic rings. The Labute approximate surface area is 134 Å². The van der Waals surface area contributed by atoms with Crippen LogP contribution in [0.3, 0.4) is 0 Å². The summed E-state index contributed by atoms with van der Waals surface area (Å²) in [6, 6.07) is 9.16. The van der Waals surface area contributed by atoms with E-state index in [-0.39, 0.29) is 0 Å². The number of aromatic nitrogens is 1. The molecule has 0 atom stereocenters. The average molecular weight is 302 g/mol. The second kappa shape index (κ2) is 8.96. The molecule has 1 aromatic carbocycles. The zero-order valence-corrected chi connectivity index (χ0v) is 14.3. The monoisotopic (exact) mass is 302 g/mol. The number of hydrogen-bond donors (Lipinski definition) is 1. The third-order valence-corrected chi connectivity index (χ3v) is 3.98. The van der Waals surface area contributed by atoms with E-state index in [0.29, 0.717) is 6.04 Å². The number of ether oxygens (including phenoxy) is 1. The van der Waals surface area contributed by atoms with Crippen LogP contribution in [0.5, 0.6) is 0 Å². The van der Waals surface area contributed by atoms with Gasteiger partial charge in [0, 0.05) is 42.9 Å². The fraction of sp³-hybridized carbons (Fsp3) is 0.579. The van der Waals surface area contributed by atoms with Crippen molar-refractivity contribution in [1.82, 2.24) is 9.88 Å². The summed E-state index contributed by atoms with van der Waals surface area (Å²) in [5.74, 6) is 0. The van der Waals surface area contributed by atoms with Crippen LogP contribution >= 0.6 is 0 Å². The molecular weight excluding hydrogens is 272 g/mol. The smallest absolute Gasteiger partial charge is 0.0486 e. The molecular formula is C19H30N2O. The van der Waals surface area contributed by atoms with E-state index < -0.39 is 0 Å². The Hall–Kier alpha value is -1.32. The van der Waals surface area contributed by atoms with Crippen molar-refractivity contribution < 1.29 is 4.74 Å². The second-order valence-corrected chi connectivity index (χ2v) is 6.17. The van der Waals surface area contributed by atoms with Gasteiger partial charge in [-0.3, -0.25) is 0 Å². The molecule has 0 bridgehead atoms. The fourth-order valence-electron chi connectivity index (χ4n) is 2.72. The van der Waals surface area contributed by atoms with Crippen molar-refractivity contribution in [3.8, 4) is 0 Å². The lowest BCUT2D eigenvalue weighted by Gasteiger charge is -2.08. The maximum atomic E-state index is 5.59. The first-order valence-electron chi connectivity index (χ1n) is 8.61. The van der Waals surface area contributed by atoms with Crippen LogP contribution in [0, 0.1) is 0 Å². The standard InChI is InChI=1S/C19H30N2O/c1-4-5-12-22-13-8-11-20-14-17-15-21(16(2)3)19-10-7-6-9-18(17)19/h6-7,9-10,15-16,20H,4-5,8,11-14H2,1-3H3. The normalized spacial score (nSPS) is 11.6. The van der Waals surface area contributed by atoms with E-state index in [2.05, 4.69) is 61.1 Å². The van der Waals surface area contributed by atoms with E-state index in [1.807, 2.05) is 0 Å². The van der Waals surface area contributed by atoms with E-state index in [1.165, 1.54) is 29.3 Å². The summed E-state index contributed by atoms with van der Waals surface area (Å²) in [5.41, 5.74) is 2.72. The lowest BCUT2D eigenvalue weighted by molar-refractivity contribution is 0.129. The summed E-state index contributed by atoms with van der Waals surface area (Å²) < 4.78 is 7.95. The average Bonchev–Trinajstić information content (AvgIpc) is 2.89. The molecule has 22 heavy (non-hydrogen) atoms. The molecule has 0 amide bonds. The summed E-state index contributed by atoms with van der Waals surface area (Å²) in [5, 5.41) is 4.91. The molecule has 1 heterocycles. The van der Waals surface area contributed by atoms with Crippen molar-refractivity contribution in [1.29, 1.82) is 0 Å². The molecule has 1 N–H and O–H groups in total. The van der Waals surface area contributed by atoms with Gasteiger partial charge in [0.2, 0.25) is 0 Å². The molecule has 0 radical (unpaired) electrons. The highest BCUT2D eigenvalue weighted by Crippen LogP contribution is 2.24. The summed E-state index contributed by atoms with van der Waals surface area (Å²) in [7, 11) is 0. The summed E-state index contributed by atoms with van der Waals surface area (Å²) in [6.45, 7) is 10.4. The molecule has 0 spiro atoms. The van der Waals surface area contributed by atoms with Gasteiger partial charge in [-0.05, 0) is 44.9 Å². The van der Waals surface area contributed by atoms with Crippen molar-refractivity contribution in [2.24, 2.45) is 0 Å². The molecule has 3 heteroatoms. The van der Waals surface area contributed by atoms with Gasteiger partial charge in [-0.1, -0.05) is 31.5 Å². The minimum Gasteiger partial charge on any atom is -0.381 e. The van der Waals surface area contributed by atoms with Gasteiger partial charge in [0.25, 0.3) is 0 Å². The summed E-state index contributed by atoms with van der Waals surface area (Å²) >= 11 is 0. The van der Waals surface area contributed by atoms with Crippen molar-refractivity contribution >= 4 is 10.9 Å². The summed E-state index contributed by atoms with van der Waals surface area (Å²) in [4.78, 5) is 0. The number of unbranched alkanes of at least 4 members (excludes halogenated alkanes) is 1. The van der Waals surface area contributed by atoms with Crippen molar-refractivity contribution in [3.63, 3.8) is 0 Å². The Bertz CT molecular complexity index is 560. The van der Waals surface area contributed by atoms with Crippen LogP contribution in [0.1, 0.15) is 51.6 Å². The summed E-state index contributed by atoms with van der Waals surface area (Å²) in [6.07, 6.45) is 5.74. The quantitative estimate of drug-likeness (QED) is 0.653. The van der Waals surface area contributed by atoms with Crippen LogP contribution < -0.4 is 5.32 Å². The number of benzene rings is 1. The van der Waals surface area contributed by atoms with E-state index in [4.69, 9.17) is 4.74 Å². The topological polar surface area (TPSA) is 26.2 Å². The molecule has 0 aliphatic heterocycles. The third kappa shape index (κ3) is 4.59. The van der Waals surface area contributed by atoms with Crippen LogP contribution in [0.4, 0.5) is 0 Å². The number of para-hydroxylation sites is 1. The number of fused-ring (bicyclic) bond motifs is 1. The molecule has 2 aromatic rings. The van der Waals surface area contributed by atoms with Crippen LogP contribution in [0.25, 0.3) is 10.9 Å². The van der Waals surface area contributed by atoms with Crippen LogP contribution in [0.2, 0.25) is 0 Å². The van der Waals surface area contributed by atoms with Gasteiger partial charge in [-0.15, -0.1) is 0 Å². The molecule has 0 saturated carbocycles. The van der Waals surface area contributed by atoms with Gasteiger partial charge >= 0.3 is 0 Å². The van der Waals surface area contributed by atoms with Gasteiger partial charge in [0.1, 0.15) is 0 Å². The second-order valence-electron chi connectivity index (χ2n) is 6.17. The van der Waals surface area contributed by atoms with Crippen LogP contribution in [-0.4, -0.2) is 24.3 Å². The highest BCUT2D eigenvalue weighted by Gasteiger charge is 2.09. The number of nitrogens with one attached hydrogen (secondary N) is 1. The first-order chi connectivity index (χ1) is 10.7. The molecule has 3 nitrogen and oxygen atoms in total. The molecule has 0 fully saturated rings. The Balaban J connectivity index is 1.82. The van der Waals surface area contributed by atoms with E-state index in [9.17, 15) is 0 Å². The van der Waals surface area contributed by atoms with Crippen molar-refractivity contribution in [2.75, 3.05) is 19.8 Å². The molecule has 0 saturated heterocycles. The Morgan fingerprint density at radius 3 is 2.68 bits per heavy atom.